The molecule has 1 aromatic heterocycles. The van der Waals surface area contributed by atoms with Crippen LogP contribution in [0.25, 0.3) is 11.4 Å². The molecule has 3 aromatic rings. The number of anilines is 2. The van der Waals surface area contributed by atoms with Crippen LogP contribution in [0.15, 0.2) is 47.6 Å². The SMILES string of the molecule is CCn1c(SCC(=O)Nc2cc(Cl)ccc2N2CCN(C)CC2)nnc1-c1cccc(C)c1. The number of aromatic nitrogens is 3. The Morgan fingerprint density at radius 3 is 2.64 bits per heavy atom. The summed E-state index contributed by atoms with van der Waals surface area (Å²) < 4.78 is 2.04. The molecule has 0 atom stereocenters. The summed E-state index contributed by atoms with van der Waals surface area (Å²) >= 11 is 7.63. The predicted octanol–water partition coefficient (Wildman–Crippen LogP) is 4.41. The highest BCUT2D eigenvalue weighted by Gasteiger charge is 2.19. The van der Waals surface area contributed by atoms with Gasteiger partial charge in [0.1, 0.15) is 0 Å². The molecule has 0 aliphatic carbocycles. The Bertz CT molecular complexity index is 1130. The van der Waals surface area contributed by atoms with E-state index in [1.165, 1.54) is 17.3 Å². The summed E-state index contributed by atoms with van der Waals surface area (Å²) in [5.74, 6) is 0.956. The van der Waals surface area contributed by atoms with Gasteiger partial charge in [0.2, 0.25) is 5.91 Å². The van der Waals surface area contributed by atoms with Crippen LogP contribution in [0.4, 0.5) is 11.4 Å². The van der Waals surface area contributed by atoms with E-state index in [1.807, 2.05) is 34.9 Å². The molecule has 0 saturated carbocycles. The second-order valence-corrected chi connectivity index (χ2v) is 9.59. The molecule has 0 spiro atoms. The smallest absolute Gasteiger partial charge is 0.234 e. The minimum Gasteiger partial charge on any atom is -0.367 e. The van der Waals surface area contributed by atoms with Gasteiger partial charge >= 0.3 is 0 Å². The average molecular weight is 485 g/mol. The van der Waals surface area contributed by atoms with Crippen LogP contribution in [-0.2, 0) is 11.3 Å². The topological polar surface area (TPSA) is 66.3 Å². The van der Waals surface area contributed by atoms with Gasteiger partial charge < -0.3 is 19.7 Å². The molecule has 2 heterocycles. The quantitative estimate of drug-likeness (QED) is 0.501. The van der Waals surface area contributed by atoms with Gasteiger partial charge in [0.05, 0.1) is 17.1 Å². The Morgan fingerprint density at radius 1 is 1.12 bits per heavy atom. The number of piperazine rings is 1. The van der Waals surface area contributed by atoms with Gasteiger partial charge in [0, 0.05) is 43.3 Å². The van der Waals surface area contributed by atoms with Crippen molar-refractivity contribution in [3.05, 3.63) is 53.1 Å². The highest BCUT2D eigenvalue weighted by molar-refractivity contribution is 7.99. The fourth-order valence-corrected chi connectivity index (χ4v) is 4.90. The lowest BCUT2D eigenvalue weighted by Gasteiger charge is -2.35. The number of thioether (sulfide) groups is 1. The van der Waals surface area contributed by atoms with Crippen molar-refractivity contribution in [3.8, 4) is 11.4 Å². The van der Waals surface area contributed by atoms with E-state index in [2.05, 4.69) is 58.3 Å². The van der Waals surface area contributed by atoms with E-state index in [0.29, 0.717) is 5.02 Å². The Balaban J connectivity index is 1.45. The number of aryl methyl sites for hydroxylation is 1. The van der Waals surface area contributed by atoms with Gasteiger partial charge in [-0.3, -0.25) is 4.79 Å². The number of likely N-dealkylation sites (N-methyl/N-ethyl adjacent to an activating group) is 1. The Labute approximate surface area is 204 Å². The summed E-state index contributed by atoms with van der Waals surface area (Å²) in [7, 11) is 2.12. The minimum absolute atomic E-state index is 0.0968. The first-order valence-corrected chi connectivity index (χ1v) is 12.5. The van der Waals surface area contributed by atoms with Crippen molar-refractivity contribution in [2.75, 3.05) is 49.2 Å². The maximum absolute atomic E-state index is 12.8. The fourth-order valence-electron chi connectivity index (χ4n) is 3.93. The highest BCUT2D eigenvalue weighted by atomic mass is 35.5. The second kappa shape index (κ2) is 10.6. The van der Waals surface area contributed by atoms with Crippen molar-refractivity contribution in [2.24, 2.45) is 0 Å². The lowest BCUT2D eigenvalue weighted by Crippen LogP contribution is -2.44. The standard InChI is InChI=1S/C24H29ClN6OS/c1-4-31-23(18-7-5-6-17(2)14-18)27-28-24(31)33-16-22(32)26-20-15-19(25)8-9-21(20)30-12-10-29(3)11-13-30/h5-9,14-15H,4,10-13,16H2,1-3H3,(H,26,32). The first-order valence-electron chi connectivity index (χ1n) is 11.1. The van der Waals surface area contributed by atoms with E-state index in [4.69, 9.17) is 11.6 Å². The normalized spacial score (nSPS) is 14.5. The Hall–Kier alpha value is -2.55. The second-order valence-electron chi connectivity index (χ2n) is 8.21. The Morgan fingerprint density at radius 2 is 1.91 bits per heavy atom. The van der Waals surface area contributed by atoms with Gasteiger partial charge in [0.15, 0.2) is 11.0 Å². The van der Waals surface area contributed by atoms with E-state index < -0.39 is 0 Å². The van der Waals surface area contributed by atoms with Gasteiger partial charge in [-0.2, -0.15) is 0 Å². The molecule has 174 valence electrons. The number of hydrogen-bond donors (Lipinski definition) is 1. The maximum Gasteiger partial charge on any atom is 0.234 e. The summed E-state index contributed by atoms with van der Waals surface area (Å²) in [5.41, 5.74) is 3.94. The summed E-state index contributed by atoms with van der Waals surface area (Å²) in [4.78, 5) is 17.4. The summed E-state index contributed by atoms with van der Waals surface area (Å²) in [6, 6.07) is 13.9. The van der Waals surface area contributed by atoms with Crippen LogP contribution in [0.1, 0.15) is 12.5 Å². The van der Waals surface area contributed by atoms with Crippen LogP contribution in [0.3, 0.4) is 0 Å². The first kappa shape index (κ1) is 23.6. The van der Waals surface area contributed by atoms with Gasteiger partial charge in [-0.25, -0.2) is 0 Å². The molecule has 0 unspecified atom stereocenters. The molecule has 33 heavy (non-hydrogen) atoms. The van der Waals surface area contributed by atoms with E-state index in [-0.39, 0.29) is 11.7 Å². The van der Waals surface area contributed by atoms with E-state index >= 15 is 0 Å². The van der Waals surface area contributed by atoms with Gasteiger partial charge in [-0.05, 0) is 45.2 Å². The molecule has 1 aliphatic heterocycles. The molecule has 1 amide bonds. The number of amides is 1. The number of benzene rings is 2. The van der Waals surface area contributed by atoms with Gasteiger partial charge in [-0.1, -0.05) is 47.1 Å². The third kappa shape index (κ3) is 5.69. The molecule has 1 N–H and O–H groups in total. The number of nitrogens with one attached hydrogen (secondary N) is 1. The molecule has 0 bridgehead atoms. The number of nitrogens with zero attached hydrogens (tertiary/aromatic N) is 5. The maximum atomic E-state index is 12.8. The number of carbonyl (C=O) groups is 1. The minimum atomic E-state index is -0.0968. The summed E-state index contributed by atoms with van der Waals surface area (Å²) in [6.07, 6.45) is 0. The first-order chi connectivity index (χ1) is 15.9. The van der Waals surface area contributed by atoms with E-state index in [0.717, 1.165) is 60.6 Å². The van der Waals surface area contributed by atoms with Crippen LogP contribution >= 0.6 is 23.4 Å². The molecule has 0 radical (unpaired) electrons. The molecule has 7 nitrogen and oxygen atoms in total. The van der Waals surface area contributed by atoms with Crippen LogP contribution in [0, 0.1) is 6.92 Å². The zero-order valence-corrected chi connectivity index (χ0v) is 20.8. The zero-order chi connectivity index (χ0) is 23.4. The molecule has 1 saturated heterocycles. The van der Waals surface area contributed by atoms with Crippen molar-refractivity contribution >= 4 is 40.6 Å². The van der Waals surface area contributed by atoms with Crippen molar-refractivity contribution in [1.82, 2.24) is 19.7 Å². The van der Waals surface area contributed by atoms with Crippen LogP contribution in [-0.4, -0.2) is 64.6 Å². The van der Waals surface area contributed by atoms with Crippen LogP contribution in [0.2, 0.25) is 5.02 Å². The third-order valence-corrected chi connectivity index (χ3v) is 6.92. The number of halogens is 1. The van der Waals surface area contributed by atoms with E-state index in [9.17, 15) is 4.79 Å². The Kier molecular flexibility index (Phi) is 7.57. The molecule has 4 rings (SSSR count). The molecule has 9 heteroatoms. The lowest BCUT2D eigenvalue weighted by atomic mass is 10.1. The fraction of sp³-hybridized carbons (Fsp3) is 0.375. The lowest BCUT2D eigenvalue weighted by molar-refractivity contribution is -0.113. The summed E-state index contributed by atoms with van der Waals surface area (Å²) in [5, 5.41) is 13.1. The summed E-state index contributed by atoms with van der Waals surface area (Å²) in [6.45, 7) is 8.64. The predicted molar refractivity (Wildman–Crippen MR) is 136 cm³/mol. The van der Waals surface area contributed by atoms with Crippen molar-refractivity contribution in [2.45, 2.75) is 25.5 Å². The average Bonchev–Trinajstić information content (AvgIpc) is 3.22. The molecule has 1 aliphatic rings. The highest BCUT2D eigenvalue weighted by Crippen LogP contribution is 2.31. The zero-order valence-electron chi connectivity index (χ0n) is 19.2. The molecular formula is C24H29ClN6OS. The van der Waals surface area contributed by atoms with Crippen molar-refractivity contribution in [1.29, 1.82) is 0 Å². The molecule has 2 aromatic carbocycles. The van der Waals surface area contributed by atoms with Crippen molar-refractivity contribution in [3.63, 3.8) is 0 Å². The molecule has 1 fully saturated rings. The van der Waals surface area contributed by atoms with Gasteiger partial charge in [-0.15, -0.1) is 10.2 Å². The number of carbonyl (C=O) groups excluding carboxylic acids is 1. The monoisotopic (exact) mass is 484 g/mol. The third-order valence-electron chi connectivity index (χ3n) is 5.72. The molecular weight excluding hydrogens is 456 g/mol. The van der Waals surface area contributed by atoms with E-state index in [1.54, 1.807) is 0 Å². The van der Waals surface area contributed by atoms with Crippen LogP contribution < -0.4 is 10.2 Å². The van der Waals surface area contributed by atoms with Crippen molar-refractivity contribution < 1.29 is 4.79 Å². The van der Waals surface area contributed by atoms with Crippen LogP contribution in [0.5, 0.6) is 0 Å². The largest absolute Gasteiger partial charge is 0.367 e. The number of rotatable bonds is 7. The van der Waals surface area contributed by atoms with Gasteiger partial charge in [0.25, 0.3) is 0 Å². The number of hydrogen-bond acceptors (Lipinski definition) is 6.